The predicted octanol–water partition coefficient (Wildman–Crippen LogP) is 0.712. The van der Waals surface area contributed by atoms with Crippen LogP contribution in [0.2, 0.25) is 0 Å². The molecule has 1 fully saturated rings. The van der Waals surface area contributed by atoms with Gasteiger partial charge in [-0.2, -0.15) is 0 Å². The van der Waals surface area contributed by atoms with Gasteiger partial charge in [0.2, 0.25) is 5.95 Å². The summed E-state index contributed by atoms with van der Waals surface area (Å²) in [6.45, 7) is 0. The maximum atomic E-state index is 5.95. The Bertz CT molecular complexity index is 281. The van der Waals surface area contributed by atoms with E-state index in [0.29, 0.717) is 6.04 Å². The molecule has 1 saturated carbocycles. The van der Waals surface area contributed by atoms with Crippen LogP contribution in [0.25, 0.3) is 0 Å². The maximum absolute atomic E-state index is 5.95. The van der Waals surface area contributed by atoms with Gasteiger partial charge in [-0.3, -0.25) is 0 Å². The molecular formula is C9H16N4. The number of nitrogens with two attached hydrogens (primary N) is 1. The molecule has 2 unspecified atom stereocenters. The largest absolute Gasteiger partial charge is 0.351 e. The highest BCUT2D eigenvalue weighted by Gasteiger charge is 2.24. The van der Waals surface area contributed by atoms with Crippen molar-refractivity contribution in [2.45, 2.75) is 31.3 Å². The molecule has 0 aliphatic heterocycles. The Hall–Kier alpha value is -1.03. The Labute approximate surface area is 78.1 Å². The second kappa shape index (κ2) is 3.38. The zero-order chi connectivity index (χ0) is 9.26. The molecule has 0 radical (unpaired) electrons. The van der Waals surface area contributed by atoms with Gasteiger partial charge in [0, 0.05) is 31.5 Å². The predicted molar refractivity (Wildman–Crippen MR) is 52.4 cm³/mol. The van der Waals surface area contributed by atoms with Crippen LogP contribution in [-0.4, -0.2) is 21.6 Å². The van der Waals surface area contributed by atoms with Gasteiger partial charge in [0.15, 0.2) is 0 Å². The molecule has 1 heterocycles. The summed E-state index contributed by atoms with van der Waals surface area (Å²) >= 11 is 0. The lowest BCUT2D eigenvalue weighted by atomic mass is 10.2. The fourth-order valence-electron chi connectivity index (χ4n) is 1.84. The maximum Gasteiger partial charge on any atom is 0.202 e. The van der Waals surface area contributed by atoms with E-state index in [1.54, 1.807) is 6.20 Å². The Morgan fingerprint density at radius 1 is 1.62 bits per heavy atom. The zero-order valence-electron chi connectivity index (χ0n) is 7.90. The topological polar surface area (TPSA) is 55.9 Å². The van der Waals surface area contributed by atoms with Gasteiger partial charge >= 0.3 is 0 Å². The molecule has 1 aromatic heterocycles. The van der Waals surface area contributed by atoms with E-state index in [0.717, 1.165) is 18.8 Å². The van der Waals surface area contributed by atoms with Gasteiger partial charge in [-0.25, -0.2) is 4.98 Å². The molecule has 0 spiro atoms. The Morgan fingerprint density at radius 2 is 2.46 bits per heavy atom. The van der Waals surface area contributed by atoms with Gasteiger partial charge in [0.25, 0.3) is 0 Å². The number of rotatable bonds is 2. The molecule has 0 bridgehead atoms. The van der Waals surface area contributed by atoms with Crippen LogP contribution in [-0.2, 0) is 7.05 Å². The van der Waals surface area contributed by atoms with Crippen LogP contribution in [0.15, 0.2) is 12.4 Å². The highest BCUT2D eigenvalue weighted by Crippen LogP contribution is 2.20. The van der Waals surface area contributed by atoms with E-state index >= 15 is 0 Å². The minimum Gasteiger partial charge on any atom is -0.351 e. The number of nitrogens with one attached hydrogen (secondary N) is 1. The van der Waals surface area contributed by atoms with Gasteiger partial charge in [0.1, 0.15) is 0 Å². The van der Waals surface area contributed by atoms with Crippen LogP contribution in [0.3, 0.4) is 0 Å². The highest BCUT2D eigenvalue weighted by molar-refractivity contribution is 5.28. The molecule has 1 aromatic rings. The van der Waals surface area contributed by atoms with Crippen LogP contribution >= 0.6 is 0 Å². The van der Waals surface area contributed by atoms with E-state index in [2.05, 4.69) is 10.3 Å². The van der Waals surface area contributed by atoms with Crippen molar-refractivity contribution in [3.63, 3.8) is 0 Å². The van der Waals surface area contributed by atoms with Crippen LogP contribution in [0.4, 0.5) is 5.95 Å². The lowest BCUT2D eigenvalue weighted by Gasteiger charge is -2.17. The third-order valence-electron chi connectivity index (χ3n) is 2.71. The lowest BCUT2D eigenvalue weighted by molar-refractivity contribution is 0.629. The average Bonchev–Trinajstić information content (AvgIpc) is 2.65. The van der Waals surface area contributed by atoms with Crippen LogP contribution in [0.5, 0.6) is 0 Å². The summed E-state index contributed by atoms with van der Waals surface area (Å²) < 4.78 is 1.98. The summed E-state index contributed by atoms with van der Waals surface area (Å²) in [6, 6.07) is 0.692. The summed E-state index contributed by atoms with van der Waals surface area (Å²) in [5, 5.41) is 3.37. The number of aromatic nitrogens is 2. The first-order valence-electron chi connectivity index (χ1n) is 4.77. The summed E-state index contributed by atoms with van der Waals surface area (Å²) in [6.07, 6.45) is 7.24. The third-order valence-corrected chi connectivity index (χ3v) is 2.71. The van der Waals surface area contributed by atoms with Crippen molar-refractivity contribution in [3.05, 3.63) is 12.4 Å². The number of nitrogens with zero attached hydrogens (tertiary/aromatic N) is 2. The van der Waals surface area contributed by atoms with Crippen molar-refractivity contribution >= 4 is 5.95 Å². The Morgan fingerprint density at radius 3 is 3.00 bits per heavy atom. The van der Waals surface area contributed by atoms with Gasteiger partial charge in [-0.15, -0.1) is 0 Å². The molecule has 2 rings (SSSR count). The van der Waals surface area contributed by atoms with E-state index < -0.39 is 0 Å². The van der Waals surface area contributed by atoms with Gasteiger partial charge < -0.3 is 15.6 Å². The third kappa shape index (κ3) is 1.67. The van der Waals surface area contributed by atoms with Crippen molar-refractivity contribution in [3.8, 4) is 0 Å². The van der Waals surface area contributed by atoms with Crippen LogP contribution in [0.1, 0.15) is 19.3 Å². The number of aryl methyl sites for hydroxylation is 1. The molecule has 3 N–H and O–H groups in total. The van der Waals surface area contributed by atoms with E-state index in [1.165, 1.54) is 6.42 Å². The van der Waals surface area contributed by atoms with Crippen LogP contribution in [0, 0.1) is 0 Å². The monoisotopic (exact) mass is 180 g/mol. The first-order valence-corrected chi connectivity index (χ1v) is 4.77. The summed E-state index contributed by atoms with van der Waals surface area (Å²) in [5.41, 5.74) is 5.95. The number of anilines is 1. The Balaban J connectivity index is 2.01. The smallest absolute Gasteiger partial charge is 0.202 e. The Kier molecular flexibility index (Phi) is 2.22. The van der Waals surface area contributed by atoms with Crippen LogP contribution < -0.4 is 11.1 Å². The number of hydrogen-bond donors (Lipinski definition) is 2. The minimum atomic E-state index is 0.289. The van der Waals surface area contributed by atoms with E-state index in [9.17, 15) is 0 Å². The number of imidazole rings is 1. The molecule has 2 atom stereocenters. The van der Waals surface area contributed by atoms with E-state index in [1.807, 2.05) is 17.8 Å². The van der Waals surface area contributed by atoms with Crippen molar-refractivity contribution in [2.75, 3.05) is 5.32 Å². The van der Waals surface area contributed by atoms with Gasteiger partial charge in [-0.1, -0.05) is 0 Å². The van der Waals surface area contributed by atoms with E-state index in [4.69, 9.17) is 5.73 Å². The first-order chi connectivity index (χ1) is 6.27. The summed E-state index contributed by atoms with van der Waals surface area (Å²) in [5.74, 6) is 0.919. The van der Waals surface area contributed by atoms with Gasteiger partial charge in [-0.05, 0) is 19.3 Å². The van der Waals surface area contributed by atoms with Gasteiger partial charge in [0.05, 0.1) is 0 Å². The molecule has 72 valence electrons. The fraction of sp³-hybridized carbons (Fsp3) is 0.667. The lowest BCUT2D eigenvalue weighted by Crippen LogP contribution is -2.35. The average molecular weight is 180 g/mol. The standard InChI is InChI=1S/C9H16N4/c1-13-6-5-11-9(13)12-8-4-2-3-7(8)10/h5-8H,2-4,10H2,1H3,(H,11,12). The molecule has 0 saturated heterocycles. The van der Waals surface area contributed by atoms with Crippen molar-refractivity contribution in [1.82, 2.24) is 9.55 Å². The summed E-state index contributed by atoms with van der Waals surface area (Å²) in [4.78, 5) is 4.21. The normalized spacial score (nSPS) is 27.8. The minimum absolute atomic E-state index is 0.289. The van der Waals surface area contributed by atoms with Crippen molar-refractivity contribution in [2.24, 2.45) is 12.8 Å². The molecule has 0 aromatic carbocycles. The van der Waals surface area contributed by atoms with E-state index in [-0.39, 0.29) is 6.04 Å². The zero-order valence-corrected chi connectivity index (χ0v) is 7.90. The molecule has 1 aliphatic rings. The number of hydrogen-bond acceptors (Lipinski definition) is 3. The molecule has 0 amide bonds. The highest BCUT2D eigenvalue weighted by atomic mass is 15.2. The SMILES string of the molecule is Cn1ccnc1NC1CCCC1N. The summed E-state index contributed by atoms with van der Waals surface area (Å²) in [7, 11) is 1.98. The first kappa shape index (κ1) is 8.56. The molecule has 4 heteroatoms. The quantitative estimate of drug-likeness (QED) is 0.704. The van der Waals surface area contributed by atoms with Crippen molar-refractivity contribution < 1.29 is 0 Å². The molecular weight excluding hydrogens is 164 g/mol. The second-order valence-electron chi connectivity index (χ2n) is 3.71. The van der Waals surface area contributed by atoms with Crippen molar-refractivity contribution in [1.29, 1.82) is 0 Å². The molecule has 13 heavy (non-hydrogen) atoms. The second-order valence-corrected chi connectivity index (χ2v) is 3.71. The molecule has 4 nitrogen and oxygen atoms in total. The fourth-order valence-corrected chi connectivity index (χ4v) is 1.84. The molecule has 1 aliphatic carbocycles.